The third kappa shape index (κ3) is 6.77. The number of likely N-dealkylation sites (N-methyl/N-ethyl adjacent to an activating group) is 1. The highest BCUT2D eigenvalue weighted by molar-refractivity contribution is 7.88. The molecule has 2 aromatic carbocycles. The molecule has 0 aliphatic carbocycles. The summed E-state index contributed by atoms with van der Waals surface area (Å²) in [5.41, 5.74) is 3.34. The van der Waals surface area contributed by atoms with Gasteiger partial charge in [-0.05, 0) is 50.2 Å². The van der Waals surface area contributed by atoms with Crippen LogP contribution in [0.25, 0.3) is 22.3 Å². The Morgan fingerprint density at radius 2 is 1.85 bits per heavy atom. The number of hydrogen-bond donors (Lipinski definition) is 0. The average molecular weight is 601 g/mol. The lowest BCUT2D eigenvalue weighted by Crippen LogP contribution is -2.29. The molecule has 13 heteroatoms. The Morgan fingerprint density at radius 1 is 1.10 bits per heavy atom. The van der Waals surface area contributed by atoms with E-state index in [0.29, 0.717) is 45.4 Å². The molecular weight excluding hydrogens is 568 g/mol. The molecule has 0 unspecified atom stereocenters. The molecule has 0 spiro atoms. The summed E-state index contributed by atoms with van der Waals surface area (Å²) in [7, 11) is 1.40. The summed E-state index contributed by atoms with van der Waals surface area (Å²) >= 11 is 6.29. The van der Waals surface area contributed by atoms with Crippen LogP contribution in [0.2, 0.25) is 5.02 Å². The number of hydrogen-bond acceptors (Lipinski definition) is 8. The first-order valence-corrected chi connectivity index (χ1v) is 15.1. The van der Waals surface area contributed by atoms with E-state index in [1.54, 1.807) is 54.5 Å². The maximum absolute atomic E-state index is 13.7. The molecule has 0 fully saturated rings. The predicted octanol–water partition coefficient (Wildman–Crippen LogP) is 4.03. The lowest BCUT2D eigenvalue weighted by Gasteiger charge is -2.18. The lowest BCUT2D eigenvalue weighted by atomic mass is 10.1. The van der Waals surface area contributed by atoms with Crippen LogP contribution in [0, 0.1) is 6.92 Å². The highest BCUT2D eigenvalue weighted by atomic mass is 35.5. The zero-order valence-corrected chi connectivity index (χ0v) is 25.5. The smallest absolute Gasteiger partial charge is 0.273 e. The summed E-state index contributed by atoms with van der Waals surface area (Å²) in [6.45, 7) is 5.41. The topological polar surface area (TPSA) is 120 Å². The average Bonchev–Trinajstić information content (AvgIpc) is 3.30. The molecule has 1 amide bonds. The van der Waals surface area contributed by atoms with Gasteiger partial charge in [0.25, 0.3) is 5.91 Å². The van der Waals surface area contributed by atoms with Crippen LogP contribution in [0.3, 0.4) is 0 Å². The van der Waals surface area contributed by atoms with Gasteiger partial charge in [0.05, 0.1) is 25.1 Å². The van der Waals surface area contributed by atoms with E-state index in [1.807, 2.05) is 18.5 Å². The fourth-order valence-electron chi connectivity index (χ4n) is 4.24. The second-order valence-corrected chi connectivity index (χ2v) is 12.1. The Morgan fingerprint density at radius 3 is 2.51 bits per heavy atom. The molecule has 0 radical (unpaired) electrons. The second kappa shape index (κ2) is 12.4. The van der Waals surface area contributed by atoms with Gasteiger partial charge in [0.2, 0.25) is 10.0 Å². The molecule has 4 aromatic rings. The summed E-state index contributed by atoms with van der Waals surface area (Å²) in [4.78, 5) is 24.7. The number of methoxy groups -OCH3 is 1. The van der Waals surface area contributed by atoms with Gasteiger partial charge >= 0.3 is 0 Å². The van der Waals surface area contributed by atoms with Crippen molar-refractivity contribution in [2.75, 3.05) is 40.6 Å². The minimum absolute atomic E-state index is 0.133. The number of carbonyl (C=O) groups is 1. The van der Waals surface area contributed by atoms with Gasteiger partial charge in [-0.15, -0.1) is 0 Å². The standard InChI is InChI=1S/C28H33ClN6O5S/c1-7-35-18(2)20(16-30-35)17-33(3)28(36)26-22-15-21(29)9-10-23(22)31-27(32-26)19-8-11-24(25(14-19)39-5)40-13-12-34(4)41(6,37)38/h8-11,14-16H,7,12-13,17H2,1-6H3. The highest BCUT2D eigenvalue weighted by Gasteiger charge is 2.22. The van der Waals surface area contributed by atoms with Crippen molar-refractivity contribution in [2.24, 2.45) is 0 Å². The van der Waals surface area contributed by atoms with E-state index in [1.165, 1.54) is 18.5 Å². The summed E-state index contributed by atoms with van der Waals surface area (Å²) in [6, 6.07) is 10.3. The molecule has 0 aliphatic rings. The Hall–Kier alpha value is -3.74. The van der Waals surface area contributed by atoms with Crippen LogP contribution >= 0.6 is 11.6 Å². The molecule has 41 heavy (non-hydrogen) atoms. The third-order valence-electron chi connectivity index (χ3n) is 6.77. The van der Waals surface area contributed by atoms with Gasteiger partial charge in [-0.25, -0.2) is 22.7 Å². The Labute approximate surface area is 244 Å². The van der Waals surface area contributed by atoms with Gasteiger partial charge in [-0.1, -0.05) is 11.6 Å². The molecule has 0 saturated heterocycles. The largest absolute Gasteiger partial charge is 0.493 e. The molecule has 2 heterocycles. The predicted molar refractivity (Wildman–Crippen MR) is 158 cm³/mol. The first-order chi connectivity index (χ1) is 19.4. The van der Waals surface area contributed by atoms with Gasteiger partial charge in [0.1, 0.15) is 12.3 Å². The first kappa shape index (κ1) is 30.2. The number of sulfonamides is 1. The van der Waals surface area contributed by atoms with Crippen molar-refractivity contribution in [2.45, 2.75) is 26.9 Å². The van der Waals surface area contributed by atoms with Crippen LogP contribution in [-0.4, -0.2) is 83.9 Å². The van der Waals surface area contributed by atoms with Crippen LogP contribution in [0.15, 0.2) is 42.6 Å². The van der Waals surface area contributed by atoms with E-state index in [9.17, 15) is 13.2 Å². The van der Waals surface area contributed by atoms with Crippen LogP contribution < -0.4 is 9.47 Å². The molecule has 0 bridgehead atoms. The second-order valence-electron chi connectivity index (χ2n) is 9.59. The van der Waals surface area contributed by atoms with Gasteiger partial charge < -0.3 is 14.4 Å². The Kier molecular flexibility index (Phi) is 9.15. The molecule has 4 rings (SSSR count). The monoisotopic (exact) mass is 600 g/mol. The van der Waals surface area contributed by atoms with Gasteiger partial charge in [-0.2, -0.15) is 5.10 Å². The maximum atomic E-state index is 13.7. The number of fused-ring (bicyclic) bond motifs is 1. The van der Waals surface area contributed by atoms with Crippen LogP contribution in [-0.2, 0) is 23.1 Å². The minimum atomic E-state index is -3.31. The zero-order chi connectivity index (χ0) is 29.9. The number of rotatable bonds is 11. The van der Waals surface area contributed by atoms with Crippen LogP contribution in [0.1, 0.15) is 28.7 Å². The molecule has 0 saturated carbocycles. The van der Waals surface area contributed by atoms with Crippen molar-refractivity contribution in [3.63, 3.8) is 0 Å². The van der Waals surface area contributed by atoms with E-state index in [-0.39, 0.29) is 24.8 Å². The SMILES string of the molecule is CCn1ncc(CN(C)C(=O)c2nc(-c3ccc(OCCN(C)S(C)(=O)=O)c(OC)c3)nc3ccc(Cl)cc23)c1C. The number of halogens is 1. The summed E-state index contributed by atoms with van der Waals surface area (Å²) in [5.74, 6) is 0.891. The summed E-state index contributed by atoms with van der Waals surface area (Å²) in [5, 5.41) is 5.39. The number of aromatic nitrogens is 4. The molecule has 218 valence electrons. The molecule has 0 N–H and O–H groups in total. The van der Waals surface area contributed by atoms with Crippen molar-refractivity contribution in [3.8, 4) is 22.9 Å². The molecule has 2 aromatic heterocycles. The summed E-state index contributed by atoms with van der Waals surface area (Å²) < 4.78 is 37.7. The maximum Gasteiger partial charge on any atom is 0.273 e. The van der Waals surface area contributed by atoms with Crippen molar-refractivity contribution in [3.05, 3.63) is 64.6 Å². The number of carbonyl (C=O) groups excluding carboxylic acids is 1. The van der Waals surface area contributed by atoms with Gasteiger partial charge in [0.15, 0.2) is 17.3 Å². The minimum Gasteiger partial charge on any atom is -0.493 e. The number of amides is 1. The molecule has 0 aliphatic heterocycles. The van der Waals surface area contributed by atoms with E-state index >= 15 is 0 Å². The normalized spacial score (nSPS) is 11.7. The number of benzene rings is 2. The fraction of sp³-hybridized carbons (Fsp3) is 0.357. The Bertz CT molecular complexity index is 1690. The molecule has 11 nitrogen and oxygen atoms in total. The van der Waals surface area contributed by atoms with Gasteiger partial charge in [0, 0.05) is 61.0 Å². The molecule has 0 atom stereocenters. The first-order valence-electron chi connectivity index (χ1n) is 12.9. The van der Waals surface area contributed by atoms with E-state index < -0.39 is 10.0 Å². The highest BCUT2D eigenvalue weighted by Crippen LogP contribution is 2.33. The molecular formula is C28H33ClN6O5S. The van der Waals surface area contributed by atoms with Gasteiger partial charge in [-0.3, -0.25) is 9.48 Å². The van der Waals surface area contributed by atoms with Crippen molar-refractivity contribution in [1.82, 2.24) is 29.0 Å². The van der Waals surface area contributed by atoms with Crippen molar-refractivity contribution >= 4 is 38.4 Å². The number of aryl methyl sites for hydroxylation is 1. The van der Waals surface area contributed by atoms with Crippen molar-refractivity contribution < 1.29 is 22.7 Å². The van der Waals surface area contributed by atoms with Crippen LogP contribution in [0.4, 0.5) is 0 Å². The fourth-order valence-corrected chi connectivity index (χ4v) is 4.81. The van der Waals surface area contributed by atoms with E-state index in [0.717, 1.165) is 24.1 Å². The Balaban J connectivity index is 1.66. The van der Waals surface area contributed by atoms with Crippen LogP contribution in [0.5, 0.6) is 11.5 Å². The quantitative estimate of drug-likeness (QED) is 0.253. The lowest BCUT2D eigenvalue weighted by molar-refractivity contribution is 0.0781. The zero-order valence-electron chi connectivity index (χ0n) is 23.9. The van der Waals surface area contributed by atoms with E-state index in [2.05, 4.69) is 10.1 Å². The van der Waals surface area contributed by atoms with Crippen molar-refractivity contribution in [1.29, 1.82) is 0 Å². The third-order valence-corrected chi connectivity index (χ3v) is 8.32. The summed E-state index contributed by atoms with van der Waals surface area (Å²) in [6.07, 6.45) is 2.91. The number of nitrogens with zero attached hydrogens (tertiary/aromatic N) is 6. The van der Waals surface area contributed by atoms with E-state index in [4.69, 9.17) is 26.1 Å². The number of ether oxygens (including phenoxy) is 2.